The Morgan fingerprint density at radius 2 is 1.57 bits per heavy atom. The molecule has 0 aliphatic carbocycles. The molecule has 0 bridgehead atoms. The van der Waals surface area contributed by atoms with E-state index < -0.39 is 23.9 Å². The van der Waals surface area contributed by atoms with E-state index in [1.165, 1.54) is 5.56 Å². The van der Waals surface area contributed by atoms with E-state index in [2.05, 4.69) is 19.2 Å². The van der Waals surface area contributed by atoms with Crippen molar-refractivity contribution >= 4 is 17.8 Å². The minimum absolute atomic E-state index is 0.0376. The highest BCUT2D eigenvalue weighted by atomic mass is 16.5. The number of hydrogen-bond donors (Lipinski definition) is 1. The highest BCUT2D eigenvalue weighted by molar-refractivity contribution is 5.88. The average molecular weight is 392 g/mol. The van der Waals surface area contributed by atoms with Crippen LogP contribution >= 0.6 is 0 Å². The van der Waals surface area contributed by atoms with E-state index in [1.807, 2.05) is 24.3 Å². The van der Waals surface area contributed by atoms with Crippen LogP contribution in [-0.4, -0.2) is 37.1 Å². The molecule has 156 valence electrons. The minimum atomic E-state index is -0.875. The molecule has 28 heavy (non-hydrogen) atoms. The minimum Gasteiger partial charge on any atom is -0.466 e. The van der Waals surface area contributed by atoms with Crippen LogP contribution in [0.15, 0.2) is 24.3 Å². The lowest BCUT2D eigenvalue weighted by Crippen LogP contribution is -2.43. The molecule has 0 heterocycles. The van der Waals surface area contributed by atoms with Crippen LogP contribution in [0.5, 0.6) is 0 Å². The Bertz CT molecular complexity index is 639. The molecule has 0 aliphatic rings. The topological polar surface area (TPSA) is 81.7 Å². The van der Waals surface area contributed by atoms with Gasteiger partial charge in [0, 0.05) is 6.42 Å². The molecule has 0 aliphatic heterocycles. The van der Waals surface area contributed by atoms with Gasteiger partial charge in [-0.25, -0.2) is 4.79 Å². The van der Waals surface area contributed by atoms with E-state index >= 15 is 0 Å². The SMILES string of the molecule is CCOC(=O)CC[C@H](NC(=O)[C@H](C)c1ccc(CC(C)C)cc1)C(=O)OCC. The van der Waals surface area contributed by atoms with Crippen molar-refractivity contribution < 1.29 is 23.9 Å². The number of carbonyl (C=O) groups is 3. The maximum absolute atomic E-state index is 12.7. The lowest BCUT2D eigenvalue weighted by molar-refractivity contribution is -0.149. The zero-order chi connectivity index (χ0) is 21.1. The van der Waals surface area contributed by atoms with Crippen LogP contribution in [0.4, 0.5) is 0 Å². The molecular weight excluding hydrogens is 358 g/mol. The van der Waals surface area contributed by atoms with Crippen molar-refractivity contribution in [2.75, 3.05) is 13.2 Å². The normalized spacial score (nSPS) is 12.9. The molecule has 1 rings (SSSR count). The number of rotatable bonds is 11. The molecule has 0 radical (unpaired) electrons. The Morgan fingerprint density at radius 3 is 2.11 bits per heavy atom. The zero-order valence-corrected chi connectivity index (χ0v) is 17.6. The summed E-state index contributed by atoms with van der Waals surface area (Å²) in [5.74, 6) is -1.08. The van der Waals surface area contributed by atoms with Gasteiger partial charge < -0.3 is 14.8 Å². The molecule has 0 saturated carbocycles. The van der Waals surface area contributed by atoms with E-state index in [1.54, 1.807) is 20.8 Å². The second kappa shape index (κ2) is 12.2. The first kappa shape index (κ1) is 23.7. The van der Waals surface area contributed by atoms with Gasteiger partial charge >= 0.3 is 11.9 Å². The van der Waals surface area contributed by atoms with Gasteiger partial charge in [0.1, 0.15) is 6.04 Å². The third-order valence-corrected chi connectivity index (χ3v) is 4.35. The van der Waals surface area contributed by atoms with E-state index in [0.717, 1.165) is 12.0 Å². The van der Waals surface area contributed by atoms with Gasteiger partial charge in [-0.3, -0.25) is 9.59 Å². The second-order valence-corrected chi connectivity index (χ2v) is 7.22. The molecule has 2 atom stereocenters. The molecule has 0 spiro atoms. The van der Waals surface area contributed by atoms with Gasteiger partial charge in [-0.15, -0.1) is 0 Å². The van der Waals surface area contributed by atoms with Gasteiger partial charge in [-0.1, -0.05) is 38.1 Å². The Kier molecular flexibility index (Phi) is 10.3. The largest absolute Gasteiger partial charge is 0.466 e. The predicted octanol–water partition coefficient (Wildman–Crippen LogP) is 3.38. The fraction of sp³-hybridized carbons (Fsp3) is 0.591. The number of esters is 2. The standard InChI is InChI=1S/C22H33NO5/c1-6-27-20(24)13-12-19(22(26)28-7-2)23-21(25)16(5)18-10-8-17(9-11-18)14-15(3)4/h8-11,15-16,19H,6-7,12-14H2,1-5H3,(H,23,25)/t16-,19+/m1/s1. The zero-order valence-electron chi connectivity index (χ0n) is 17.6. The fourth-order valence-electron chi connectivity index (χ4n) is 2.85. The number of carbonyl (C=O) groups excluding carboxylic acids is 3. The first-order valence-corrected chi connectivity index (χ1v) is 9.99. The van der Waals surface area contributed by atoms with Crippen molar-refractivity contribution in [1.29, 1.82) is 0 Å². The third kappa shape index (κ3) is 8.11. The van der Waals surface area contributed by atoms with Crippen LogP contribution in [0.25, 0.3) is 0 Å². The van der Waals surface area contributed by atoms with E-state index in [0.29, 0.717) is 5.92 Å². The first-order chi connectivity index (χ1) is 13.3. The smallest absolute Gasteiger partial charge is 0.328 e. The van der Waals surface area contributed by atoms with Gasteiger partial charge in [0.2, 0.25) is 5.91 Å². The summed E-state index contributed by atoms with van der Waals surface area (Å²) >= 11 is 0. The van der Waals surface area contributed by atoms with Crippen molar-refractivity contribution in [3.05, 3.63) is 35.4 Å². The quantitative estimate of drug-likeness (QED) is 0.585. The number of hydrogen-bond acceptors (Lipinski definition) is 5. The van der Waals surface area contributed by atoms with Crippen molar-refractivity contribution in [3.8, 4) is 0 Å². The van der Waals surface area contributed by atoms with Crippen molar-refractivity contribution in [3.63, 3.8) is 0 Å². The summed E-state index contributed by atoms with van der Waals surface area (Å²) in [4.78, 5) is 36.4. The summed E-state index contributed by atoms with van der Waals surface area (Å²) in [6, 6.07) is 7.07. The first-order valence-electron chi connectivity index (χ1n) is 9.99. The summed E-state index contributed by atoms with van der Waals surface area (Å²) < 4.78 is 9.92. The highest BCUT2D eigenvalue weighted by Crippen LogP contribution is 2.18. The molecule has 0 fully saturated rings. The van der Waals surface area contributed by atoms with E-state index in [-0.39, 0.29) is 32.0 Å². The highest BCUT2D eigenvalue weighted by Gasteiger charge is 2.26. The molecule has 0 unspecified atom stereocenters. The molecule has 6 nitrogen and oxygen atoms in total. The second-order valence-electron chi connectivity index (χ2n) is 7.22. The van der Waals surface area contributed by atoms with Gasteiger partial charge in [-0.05, 0) is 50.7 Å². The van der Waals surface area contributed by atoms with Crippen molar-refractivity contribution in [1.82, 2.24) is 5.32 Å². The Labute approximate surface area is 168 Å². The van der Waals surface area contributed by atoms with Crippen LogP contribution in [0, 0.1) is 5.92 Å². The van der Waals surface area contributed by atoms with Crippen molar-refractivity contribution in [2.45, 2.75) is 65.8 Å². The van der Waals surface area contributed by atoms with Gasteiger partial charge in [-0.2, -0.15) is 0 Å². The lowest BCUT2D eigenvalue weighted by atomic mass is 9.96. The molecule has 1 N–H and O–H groups in total. The number of benzene rings is 1. The summed E-state index contributed by atoms with van der Waals surface area (Å²) in [6.07, 6.45) is 1.17. The molecule has 1 aromatic rings. The molecular formula is C22H33NO5. The maximum atomic E-state index is 12.7. The molecule has 1 amide bonds. The van der Waals surface area contributed by atoms with E-state index in [9.17, 15) is 14.4 Å². The monoisotopic (exact) mass is 391 g/mol. The number of ether oxygens (including phenoxy) is 2. The maximum Gasteiger partial charge on any atom is 0.328 e. The van der Waals surface area contributed by atoms with Crippen LogP contribution < -0.4 is 5.32 Å². The molecule has 6 heteroatoms. The van der Waals surface area contributed by atoms with Gasteiger partial charge in [0.15, 0.2) is 0 Å². The average Bonchev–Trinajstić information content (AvgIpc) is 2.64. The lowest BCUT2D eigenvalue weighted by Gasteiger charge is -2.20. The van der Waals surface area contributed by atoms with Crippen LogP contribution in [0.1, 0.15) is 64.5 Å². The number of amides is 1. The van der Waals surface area contributed by atoms with Crippen LogP contribution in [0.3, 0.4) is 0 Å². The summed E-state index contributed by atoms with van der Waals surface area (Å²) in [5.41, 5.74) is 2.10. The van der Waals surface area contributed by atoms with Crippen LogP contribution in [0.2, 0.25) is 0 Å². The molecule has 1 aromatic carbocycles. The summed E-state index contributed by atoms with van der Waals surface area (Å²) in [5, 5.41) is 2.72. The molecule has 0 saturated heterocycles. The summed E-state index contributed by atoms with van der Waals surface area (Å²) in [7, 11) is 0. The Balaban J connectivity index is 2.76. The fourth-order valence-corrected chi connectivity index (χ4v) is 2.85. The summed E-state index contributed by atoms with van der Waals surface area (Å²) in [6.45, 7) is 10.0. The van der Waals surface area contributed by atoms with E-state index in [4.69, 9.17) is 9.47 Å². The van der Waals surface area contributed by atoms with Gasteiger partial charge in [0.05, 0.1) is 19.1 Å². The number of nitrogens with one attached hydrogen (secondary N) is 1. The van der Waals surface area contributed by atoms with Crippen molar-refractivity contribution in [2.24, 2.45) is 5.92 Å². The van der Waals surface area contributed by atoms with Gasteiger partial charge in [0.25, 0.3) is 0 Å². The molecule has 0 aromatic heterocycles. The Hall–Kier alpha value is -2.37. The third-order valence-electron chi connectivity index (χ3n) is 4.35. The predicted molar refractivity (Wildman–Crippen MR) is 108 cm³/mol. The van der Waals surface area contributed by atoms with Crippen LogP contribution in [-0.2, 0) is 30.3 Å². The Morgan fingerprint density at radius 1 is 0.964 bits per heavy atom.